The van der Waals surface area contributed by atoms with Crippen LogP contribution in [-0.2, 0) is 0 Å². The lowest BCUT2D eigenvalue weighted by molar-refractivity contribution is 0.209. The van der Waals surface area contributed by atoms with Gasteiger partial charge in [0.15, 0.2) is 0 Å². The van der Waals surface area contributed by atoms with Crippen molar-refractivity contribution in [3.05, 3.63) is 41.3 Å². The van der Waals surface area contributed by atoms with E-state index in [0.717, 1.165) is 12.1 Å². The van der Waals surface area contributed by atoms with Crippen LogP contribution in [0.4, 0.5) is 20.6 Å². The van der Waals surface area contributed by atoms with Crippen LogP contribution in [0.2, 0.25) is 5.02 Å². The number of amides is 1. The third kappa shape index (κ3) is 3.27. The molecule has 4 N–H and O–H groups in total. The molecule has 0 aliphatic carbocycles. The first-order valence-electron chi connectivity index (χ1n) is 5.34. The molecule has 0 aliphatic heterocycles. The largest absolute Gasteiger partial charge is 0.465 e. The van der Waals surface area contributed by atoms with Crippen molar-refractivity contribution in [2.45, 2.75) is 0 Å². The minimum Gasteiger partial charge on any atom is -0.465 e. The van der Waals surface area contributed by atoms with Crippen LogP contribution in [0.3, 0.4) is 0 Å². The summed E-state index contributed by atoms with van der Waals surface area (Å²) in [5, 5.41) is 10.5. The molecule has 1 amide bonds. The molecule has 104 valence electrons. The van der Waals surface area contributed by atoms with Gasteiger partial charge in [0, 0.05) is 12.1 Å². The van der Waals surface area contributed by atoms with Gasteiger partial charge in [-0.2, -0.15) is 0 Å². The van der Waals surface area contributed by atoms with Gasteiger partial charge >= 0.3 is 6.09 Å². The summed E-state index contributed by atoms with van der Waals surface area (Å²) in [4.78, 5) is 14.4. The number of nitrogens with two attached hydrogens (primary N) is 1. The smallest absolute Gasteiger partial charge is 0.409 e. The molecule has 0 unspecified atom stereocenters. The fraction of sp³-hybridized carbons (Fsp3) is 0. The number of nitrogens with zero attached hydrogens (tertiary/aromatic N) is 1. The second-order valence-corrected chi connectivity index (χ2v) is 4.13. The first-order valence-corrected chi connectivity index (χ1v) is 5.72. The van der Waals surface area contributed by atoms with Gasteiger partial charge in [-0.15, -0.1) is 0 Å². The van der Waals surface area contributed by atoms with Gasteiger partial charge in [0.1, 0.15) is 11.6 Å². The average molecular weight is 298 g/mol. The molecule has 1 aromatic carbocycles. The molecule has 6 nitrogen and oxygen atoms in total. The van der Waals surface area contributed by atoms with Crippen LogP contribution < -0.4 is 15.8 Å². The number of nitrogen functional groups attached to an aromatic ring is 1. The third-order valence-electron chi connectivity index (χ3n) is 2.24. The third-order valence-corrected chi connectivity index (χ3v) is 2.53. The molecule has 2 aromatic rings. The summed E-state index contributed by atoms with van der Waals surface area (Å²) in [5.41, 5.74) is 5.66. The number of hydrogen-bond donors (Lipinski definition) is 3. The Kier molecular flexibility index (Phi) is 3.90. The number of rotatable bonds is 3. The molecule has 0 radical (unpaired) electrons. The van der Waals surface area contributed by atoms with Crippen molar-refractivity contribution in [1.29, 1.82) is 0 Å². The number of halogens is 2. The van der Waals surface area contributed by atoms with Gasteiger partial charge in [-0.1, -0.05) is 11.6 Å². The van der Waals surface area contributed by atoms with Crippen molar-refractivity contribution in [3.63, 3.8) is 0 Å². The molecular weight excluding hydrogens is 289 g/mol. The van der Waals surface area contributed by atoms with E-state index in [0.29, 0.717) is 5.69 Å². The van der Waals surface area contributed by atoms with E-state index in [1.54, 1.807) is 6.07 Å². The molecule has 1 aromatic heterocycles. The van der Waals surface area contributed by atoms with Gasteiger partial charge < -0.3 is 15.6 Å². The number of hydrogen-bond acceptors (Lipinski definition) is 4. The lowest BCUT2D eigenvalue weighted by Crippen LogP contribution is -2.09. The Morgan fingerprint density at radius 3 is 2.80 bits per heavy atom. The highest BCUT2D eigenvalue weighted by Crippen LogP contribution is 2.33. The van der Waals surface area contributed by atoms with E-state index < -0.39 is 11.9 Å². The number of carbonyl (C=O) groups is 1. The molecule has 0 aliphatic rings. The van der Waals surface area contributed by atoms with E-state index in [1.807, 2.05) is 5.32 Å². The summed E-state index contributed by atoms with van der Waals surface area (Å²) in [7, 11) is 0. The Bertz CT molecular complexity index is 649. The van der Waals surface area contributed by atoms with Crippen LogP contribution in [0.25, 0.3) is 0 Å². The zero-order valence-electron chi connectivity index (χ0n) is 9.93. The summed E-state index contributed by atoms with van der Waals surface area (Å²) in [6.07, 6.45) is -0.0221. The second-order valence-electron chi connectivity index (χ2n) is 3.72. The highest BCUT2D eigenvalue weighted by atomic mass is 35.5. The van der Waals surface area contributed by atoms with Crippen molar-refractivity contribution in [2.75, 3.05) is 11.1 Å². The van der Waals surface area contributed by atoms with Crippen molar-refractivity contribution in [2.24, 2.45) is 0 Å². The molecule has 0 atom stereocenters. The molecule has 0 saturated carbocycles. The monoisotopic (exact) mass is 297 g/mol. The van der Waals surface area contributed by atoms with Crippen molar-refractivity contribution in [3.8, 4) is 11.6 Å². The molecule has 0 bridgehead atoms. The maximum Gasteiger partial charge on any atom is 0.409 e. The van der Waals surface area contributed by atoms with Crippen LogP contribution in [0.15, 0.2) is 30.5 Å². The Labute approximate surface area is 118 Å². The molecule has 20 heavy (non-hydrogen) atoms. The van der Waals surface area contributed by atoms with Gasteiger partial charge in [-0.25, -0.2) is 14.2 Å². The van der Waals surface area contributed by atoms with Gasteiger partial charge in [0.25, 0.3) is 0 Å². The predicted molar refractivity (Wildman–Crippen MR) is 71.8 cm³/mol. The van der Waals surface area contributed by atoms with E-state index in [2.05, 4.69) is 4.98 Å². The quantitative estimate of drug-likeness (QED) is 0.807. The topological polar surface area (TPSA) is 97.5 Å². The van der Waals surface area contributed by atoms with Gasteiger partial charge in [-0.05, 0) is 12.1 Å². The summed E-state index contributed by atoms with van der Waals surface area (Å²) in [6, 6.07) is 5.14. The zero-order chi connectivity index (χ0) is 14.7. The van der Waals surface area contributed by atoms with E-state index in [9.17, 15) is 9.18 Å². The van der Waals surface area contributed by atoms with Crippen molar-refractivity contribution in [1.82, 2.24) is 4.98 Å². The van der Waals surface area contributed by atoms with E-state index in [1.165, 1.54) is 12.3 Å². The maximum absolute atomic E-state index is 13.5. The van der Waals surface area contributed by atoms with Crippen LogP contribution in [0, 0.1) is 5.82 Å². The van der Waals surface area contributed by atoms with E-state index >= 15 is 0 Å². The lowest BCUT2D eigenvalue weighted by Gasteiger charge is -2.10. The number of nitrogens with one attached hydrogen (secondary N) is 1. The van der Waals surface area contributed by atoms with Crippen LogP contribution in [-0.4, -0.2) is 16.2 Å². The van der Waals surface area contributed by atoms with Gasteiger partial charge in [-0.3, -0.25) is 5.32 Å². The average Bonchev–Trinajstić information content (AvgIpc) is 2.37. The van der Waals surface area contributed by atoms with Crippen LogP contribution >= 0.6 is 11.6 Å². The van der Waals surface area contributed by atoms with Crippen LogP contribution in [0.5, 0.6) is 11.6 Å². The summed E-state index contributed by atoms with van der Waals surface area (Å²) in [5.74, 6) is -0.557. The first kappa shape index (κ1) is 13.9. The number of anilines is 2. The fourth-order valence-corrected chi connectivity index (χ4v) is 1.57. The lowest BCUT2D eigenvalue weighted by atomic mass is 10.3. The number of ether oxygens (including phenoxy) is 1. The molecule has 0 fully saturated rings. The zero-order valence-corrected chi connectivity index (χ0v) is 10.7. The minimum atomic E-state index is -1.40. The Morgan fingerprint density at radius 1 is 1.45 bits per heavy atom. The number of aromatic nitrogens is 1. The van der Waals surface area contributed by atoms with Crippen LogP contribution in [0.1, 0.15) is 0 Å². The summed E-state index contributed by atoms with van der Waals surface area (Å²) >= 11 is 5.83. The molecular formula is C12H9ClFN3O3. The van der Waals surface area contributed by atoms with Gasteiger partial charge in [0.2, 0.25) is 5.88 Å². The molecule has 0 saturated heterocycles. The molecule has 1 heterocycles. The van der Waals surface area contributed by atoms with Crippen molar-refractivity contribution < 1.29 is 19.0 Å². The van der Waals surface area contributed by atoms with E-state index in [4.69, 9.17) is 27.2 Å². The second kappa shape index (κ2) is 5.62. The highest BCUT2D eigenvalue weighted by molar-refractivity contribution is 6.32. The summed E-state index contributed by atoms with van der Waals surface area (Å²) in [6.45, 7) is 0. The number of carboxylic acid groups (broad SMARTS) is 1. The molecule has 8 heteroatoms. The molecule has 2 rings (SSSR count). The highest BCUT2D eigenvalue weighted by Gasteiger charge is 2.12. The normalized spacial score (nSPS) is 10.1. The Hall–Kier alpha value is -2.54. The fourth-order valence-electron chi connectivity index (χ4n) is 1.38. The standard InChI is InChI=1S/C12H9ClFN3O3/c13-7-3-8(14)9(17-12(18)19)4-10(7)20-11-2-1-6(15)5-16-11/h1-5,17H,15H2,(H,18,19). The van der Waals surface area contributed by atoms with Crippen molar-refractivity contribution >= 4 is 29.1 Å². The number of pyridine rings is 1. The molecule has 0 spiro atoms. The SMILES string of the molecule is Nc1ccc(Oc2cc(NC(=O)O)c(F)cc2Cl)nc1. The minimum absolute atomic E-state index is 0.0166. The number of benzene rings is 1. The van der Waals surface area contributed by atoms with E-state index in [-0.39, 0.29) is 22.3 Å². The van der Waals surface area contributed by atoms with Gasteiger partial charge in [0.05, 0.1) is 22.6 Å². The predicted octanol–water partition coefficient (Wildman–Crippen LogP) is 3.34. The maximum atomic E-state index is 13.5. The Balaban J connectivity index is 2.31. The first-order chi connectivity index (χ1) is 9.45. The summed E-state index contributed by atoms with van der Waals surface area (Å²) < 4.78 is 18.8. The Morgan fingerprint density at radius 2 is 2.20 bits per heavy atom.